The van der Waals surface area contributed by atoms with E-state index < -0.39 is 47.2 Å². The average Bonchev–Trinajstić information content (AvgIpc) is 3.48. The van der Waals surface area contributed by atoms with Crippen LogP contribution < -0.4 is 15.4 Å². The number of amides is 3. The van der Waals surface area contributed by atoms with Gasteiger partial charge in [0.2, 0.25) is 17.7 Å². The molecule has 3 N–H and O–H groups in total. The summed E-state index contributed by atoms with van der Waals surface area (Å²) in [5.41, 5.74) is -2.07. The van der Waals surface area contributed by atoms with Crippen LogP contribution in [0.1, 0.15) is 79.1 Å². The number of hydrogen-bond acceptors (Lipinski definition) is 7. The number of nitrogens with one attached hydrogen (secondary N) is 2. The number of likely N-dealkylation sites (tertiary alicyclic amines) is 1. The molecule has 0 radical (unpaired) electrons. The number of pyridine rings is 1. The molecule has 11 heteroatoms. The molecule has 1 aromatic carbocycles. The summed E-state index contributed by atoms with van der Waals surface area (Å²) in [6.07, 6.45) is 6.87. The summed E-state index contributed by atoms with van der Waals surface area (Å²) >= 11 is 0. The van der Waals surface area contributed by atoms with Crippen LogP contribution in [0.2, 0.25) is 0 Å². The first kappa shape index (κ1) is 32.0. The average molecular weight is 597 g/mol. The van der Waals surface area contributed by atoms with Gasteiger partial charge in [0.25, 0.3) is 0 Å². The maximum absolute atomic E-state index is 13.7. The van der Waals surface area contributed by atoms with Crippen LogP contribution >= 0.6 is 0 Å². The third kappa shape index (κ3) is 8.14. The monoisotopic (exact) mass is 596 g/mol. The largest absolute Gasteiger partial charge is 0.479 e. The van der Waals surface area contributed by atoms with Crippen LogP contribution in [-0.2, 0) is 19.1 Å². The molecular weight excluding hydrogens is 552 g/mol. The molecule has 11 nitrogen and oxygen atoms in total. The molecule has 234 valence electrons. The van der Waals surface area contributed by atoms with E-state index in [4.69, 9.17) is 9.47 Å². The van der Waals surface area contributed by atoms with Gasteiger partial charge in [-0.3, -0.25) is 9.59 Å². The molecule has 1 aliphatic heterocycles. The van der Waals surface area contributed by atoms with Gasteiger partial charge in [-0.05, 0) is 57.0 Å². The Morgan fingerprint density at radius 1 is 1.09 bits per heavy atom. The molecule has 4 atom stereocenters. The van der Waals surface area contributed by atoms with Crippen molar-refractivity contribution in [3.63, 3.8) is 0 Å². The predicted molar refractivity (Wildman–Crippen MR) is 161 cm³/mol. The Labute approximate surface area is 252 Å². The zero-order valence-electron chi connectivity index (χ0n) is 25.6. The zero-order valence-corrected chi connectivity index (χ0v) is 25.6. The van der Waals surface area contributed by atoms with Crippen molar-refractivity contribution in [1.82, 2.24) is 20.5 Å². The van der Waals surface area contributed by atoms with Gasteiger partial charge < -0.3 is 30.1 Å². The van der Waals surface area contributed by atoms with Crippen LogP contribution in [0.4, 0.5) is 4.79 Å². The topological polar surface area (TPSA) is 147 Å². The lowest BCUT2D eigenvalue weighted by molar-refractivity contribution is -0.145. The summed E-state index contributed by atoms with van der Waals surface area (Å²) in [5, 5.41) is 17.1. The molecule has 0 bridgehead atoms. The van der Waals surface area contributed by atoms with Crippen molar-refractivity contribution in [1.29, 1.82) is 0 Å². The van der Waals surface area contributed by atoms with Crippen LogP contribution in [0, 0.1) is 5.92 Å². The number of ether oxygens (including phenoxy) is 2. The SMILES string of the molecule is CCCCCCC[C@@H]1C[C@]1(NC(=O)[C@@H]1CC(Oc2nccc3ccccc23)CN1C(=O)CNC(=O)OC(C)(C)C)C(=O)O. The molecule has 1 unspecified atom stereocenters. The number of nitrogens with zero attached hydrogens (tertiary/aromatic N) is 2. The number of carbonyl (C=O) groups is 4. The Balaban J connectivity index is 1.47. The standard InChI is InChI=1S/C32H44N4O7/c1-5-6-7-8-9-13-22-18-32(22,29(39)40)35-27(38)25-17-23(42-28-24-14-11-10-12-21(24)15-16-33-28)20-36(25)26(37)19-34-30(41)43-31(2,3)4/h10-12,14-16,22-23,25H,5-9,13,17-20H2,1-4H3,(H,34,41)(H,35,38)(H,39,40)/t22-,23?,25+,32-/m1/s1. The summed E-state index contributed by atoms with van der Waals surface area (Å²) in [5.74, 6) is -1.87. The van der Waals surface area contributed by atoms with Gasteiger partial charge in [-0.25, -0.2) is 14.6 Å². The van der Waals surface area contributed by atoms with Crippen molar-refractivity contribution in [2.75, 3.05) is 13.1 Å². The lowest BCUT2D eigenvalue weighted by atomic mass is 10.0. The van der Waals surface area contributed by atoms with Crippen molar-refractivity contribution >= 4 is 34.6 Å². The van der Waals surface area contributed by atoms with E-state index in [-0.39, 0.29) is 25.4 Å². The molecule has 1 saturated heterocycles. The number of carboxylic acids is 1. The summed E-state index contributed by atoms with van der Waals surface area (Å²) in [4.78, 5) is 57.2. The minimum absolute atomic E-state index is 0.0682. The van der Waals surface area contributed by atoms with Gasteiger partial charge in [-0.2, -0.15) is 0 Å². The molecule has 2 aliphatic rings. The summed E-state index contributed by atoms with van der Waals surface area (Å²) < 4.78 is 11.5. The van der Waals surface area contributed by atoms with E-state index >= 15 is 0 Å². The predicted octanol–water partition coefficient (Wildman–Crippen LogP) is 4.43. The molecule has 2 fully saturated rings. The fraction of sp³-hybridized carbons (Fsp3) is 0.594. The summed E-state index contributed by atoms with van der Waals surface area (Å²) in [7, 11) is 0. The number of carboxylic acid groups (broad SMARTS) is 1. The fourth-order valence-corrected chi connectivity index (χ4v) is 5.76. The molecule has 2 aromatic rings. The quantitative estimate of drug-likeness (QED) is 0.288. The Hall–Kier alpha value is -3.89. The van der Waals surface area contributed by atoms with E-state index in [2.05, 4.69) is 22.5 Å². The normalized spacial score (nSPS) is 23.1. The molecule has 2 heterocycles. The molecular formula is C32H44N4O7. The van der Waals surface area contributed by atoms with Crippen molar-refractivity contribution in [3.05, 3.63) is 36.5 Å². The Morgan fingerprint density at radius 2 is 1.84 bits per heavy atom. The van der Waals surface area contributed by atoms with Crippen LogP contribution in [0.25, 0.3) is 10.8 Å². The highest BCUT2D eigenvalue weighted by Crippen LogP contribution is 2.47. The molecule has 1 saturated carbocycles. The Morgan fingerprint density at radius 3 is 2.56 bits per heavy atom. The minimum Gasteiger partial charge on any atom is -0.479 e. The zero-order chi connectivity index (χ0) is 31.2. The number of rotatable bonds is 13. The van der Waals surface area contributed by atoms with Crippen LogP contribution in [-0.4, -0.2) is 75.2 Å². The van der Waals surface area contributed by atoms with Crippen molar-refractivity contribution < 1.29 is 33.8 Å². The van der Waals surface area contributed by atoms with Gasteiger partial charge in [0.15, 0.2) is 0 Å². The number of benzene rings is 1. The number of hydrogen-bond donors (Lipinski definition) is 3. The first-order chi connectivity index (χ1) is 20.4. The molecule has 1 aliphatic carbocycles. The molecule has 4 rings (SSSR count). The number of alkyl carbamates (subject to hydrolysis) is 1. The van der Waals surface area contributed by atoms with Crippen molar-refractivity contribution in [2.24, 2.45) is 5.92 Å². The Bertz CT molecular complexity index is 1320. The number of fused-ring (bicyclic) bond motifs is 1. The fourth-order valence-electron chi connectivity index (χ4n) is 5.76. The Kier molecular flexibility index (Phi) is 10.1. The second-order valence-corrected chi connectivity index (χ2v) is 12.6. The maximum Gasteiger partial charge on any atom is 0.408 e. The van der Waals surface area contributed by atoms with E-state index in [0.717, 1.165) is 49.3 Å². The molecule has 1 aromatic heterocycles. The van der Waals surface area contributed by atoms with E-state index in [1.54, 1.807) is 27.0 Å². The minimum atomic E-state index is -1.33. The highest BCUT2D eigenvalue weighted by atomic mass is 16.6. The van der Waals surface area contributed by atoms with Gasteiger partial charge in [0.1, 0.15) is 29.8 Å². The van der Waals surface area contributed by atoms with E-state index in [1.807, 2.05) is 30.3 Å². The lowest BCUT2D eigenvalue weighted by Gasteiger charge is -2.26. The van der Waals surface area contributed by atoms with E-state index in [9.17, 15) is 24.3 Å². The highest BCUT2D eigenvalue weighted by molar-refractivity contribution is 5.95. The third-order valence-electron chi connectivity index (χ3n) is 8.07. The van der Waals surface area contributed by atoms with Crippen LogP contribution in [0.5, 0.6) is 5.88 Å². The maximum atomic E-state index is 13.7. The summed E-state index contributed by atoms with van der Waals surface area (Å²) in [6.45, 7) is 6.97. The number of unbranched alkanes of at least 4 members (excludes halogenated alkanes) is 4. The summed E-state index contributed by atoms with van der Waals surface area (Å²) in [6, 6.07) is 8.50. The first-order valence-corrected chi connectivity index (χ1v) is 15.3. The van der Waals surface area contributed by atoms with Crippen molar-refractivity contribution in [2.45, 2.75) is 102 Å². The number of aromatic nitrogens is 1. The second kappa shape index (κ2) is 13.6. The molecule has 43 heavy (non-hydrogen) atoms. The molecule has 3 amide bonds. The van der Waals surface area contributed by atoms with Crippen molar-refractivity contribution in [3.8, 4) is 5.88 Å². The smallest absolute Gasteiger partial charge is 0.408 e. The van der Waals surface area contributed by atoms with E-state index in [0.29, 0.717) is 12.3 Å². The third-order valence-corrected chi connectivity index (χ3v) is 8.07. The second-order valence-electron chi connectivity index (χ2n) is 12.6. The number of aliphatic carboxylic acids is 1. The number of carbonyl (C=O) groups excluding carboxylic acids is 3. The van der Waals surface area contributed by atoms with Gasteiger partial charge in [-0.15, -0.1) is 0 Å². The van der Waals surface area contributed by atoms with Crippen LogP contribution in [0.3, 0.4) is 0 Å². The van der Waals surface area contributed by atoms with Crippen LogP contribution in [0.15, 0.2) is 36.5 Å². The van der Waals surface area contributed by atoms with Gasteiger partial charge in [-0.1, -0.05) is 57.2 Å². The van der Waals surface area contributed by atoms with E-state index in [1.165, 1.54) is 4.90 Å². The lowest BCUT2D eigenvalue weighted by Crippen LogP contribution is -2.54. The first-order valence-electron chi connectivity index (χ1n) is 15.3. The van der Waals surface area contributed by atoms with Gasteiger partial charge >= 0.3 is 12.1 Å². The molecule has 0 spiro atoms. The van der Waals surface area contributed by atoms with Gasteiger partial charge in [0, 0.05) is 18.0 Å². The van der Waals surface area contributed by atoms with Gasteiger partial charge in [0.05, 0.1) is 6.54 Å². The highest BCUT2D eigenvalue weighted by Gasteiger charge is 2.61.